The average Bonchev–Trinajstić information content (AvgIpc) is 3.10. The van der Waals surface area contributed by atoms with Crippen molar-refractivity contribution in [1.82, 2.24) is 5.32 Å². The van der Waals surface area contributed by atoms with Gasteiger partial charge in [-0.05, 0) is 18.4 Å². The molecule has 0 heterocycles. The van der Waals surface area contributed by atoms with E-state index in [1.807, 2.05) is 0 Å². The minimum atomic E-state index is -4.57. The molecule has 1 aromatic carbocycles. The predicted octanol–water partition coefficient (Wildman–Crippen LogP) is 2.57. The van der Waals surface area contributed by atoms with Crippen molar-refractivity contribution in [2.75, 3.05) is 0 Å². The summed E-state index contributed by atoms with van der Waals surface area (Å²) < 4.78 is 39.0. The molecule has 19 heavy (non-hydrogen) atoms. The molecule has 104 valence electrons. The van der Waals surface area contributed by atoms with E-state index in [1.165, 1.54) is 0 Å². The van der Waals surface area contributed by atoms with E-state index in [2.05, 4.69) is 5.32 Å². The lowest BCUT2D eigenvalue weighted by atomic mass is 9.95. The molecular weight excluding hydrogens is 259 g/mol. The van der Waals surface area contributed by atoms with Gasteiger partial charge in [0.25, 0.3) is 0 Å². The van der Waals surface area contributed by atoms with Crippen LogP contribution in [0.25, 0.3) is 0 Å². The van der Waals surface area contributed by atoms with Gasteiger partial charge in [0.2, 0.25) is 0 Å². The Morgan fingerprint density at radius 2 is 1.89 bits per heavy atom. The summed E-state index contributed by atoms with van der Waals surface area (Å²) in [7, 11) is 0. The fraction of sp³-hybridized carbons (Fsp3) is 0.462. The fourth-order valence-corrected chi connectivity index (χ4v) is 2.20. The highest BCUT2D eigenvalue weighted by Crippen LogP contribution is 2.53. The maximum atomic E-state index is 13.0. The average molecular weight is 273 g/mol. The number of aliphatic carboxylic acids is 1. The van der Waals surface area contributed by atoms with E-state index < -0.39 is 23.6 Å². The van der Waals surface area contributed by atoms with Gasteiger partial charge in [0, 0.05) is 6.54 Å². The van der Waals surface area contributed by atoms with Gasteiger partial charge in [-0.2, -0.15) is 13.2 Å². The second kappa shape index (κ2) is 4.85. The van der Waals surface area contributed by atoms with Gasteiger partial charge < -0.3 is 10.4 Å². The van der Waals surface area contributed by atoms with Crippen molar-refractivity contribution in [3.05, 3.63) is 35.9 Å². The number of carboxylic acids is 1. The lowest BCUT2D eigenvalue weighted by Crippen LogP contribution is -2.51. The summed E-state index contributed by atoms with van der Waals surface area (Å²) in [5.41, 5.74) is -0.995. The van der Waals surface area contributed by atoms with Crippen molar-refractivity contribution in [2.24, 2.45) is 5.41 Å². The first-order valence-corrected chi connectivity index (χ1v) is 5.94. The van der Waals surface area contributed by atoms with Crippen LogP contribution in [-0.4, -0.2) is 23.3 Å². The molecule has 0 amide bonds. The third-order valence-corrected chi connectivity index (χ3v) is 3.45. The molecule has 2 rings (SSSR count). The summed E-state index contributed by atoms with van der Waals surface area (Å²) in [6.07, 6.45) is -4.44. The van der Waals surface area contributed by atoms with Crippen molar-refractivity contribution in [1.29, 1.82) is 0 Å². The van der Waals surface area contributed by atoms with Crippen LogP contribution in [0.2, 0.25) is 0 Å². The molecule has 1 aliphatic carbocycles. The molecule has 1 aromatic rings. The van der Waals surface area contributed by atoms with Gasteiger partial charge in [0.05, 0.1) is 5.41 Å². The molecule has 0 bridgehead atoms. The molecule has 1 atom stereocenters. The smallest absolute Gasteiger partial charge is 0.404 e. The Kier molecular flexibility index (Phi) is 3.54. The van der Waals surface area contributed by atoms with Crippen LogP contribution in [0.3, 0.4) is 0 Å². The highest BCUT2D eigenvalue weighted by Gasteiger charge is 2.64. The zero-order valence-electron chi connectivity index (χ0n) is 10.1. The van der Waals surface area contributed by atoms with Gasteiger partial charge in [-0.15, -0.1) is 0 Å². The second-order valence-electron chi connectivity index (χ2n) is 4.80. The Bertz CT molecular complexity index is 455. The second-order valence-corrected chi connectivity index (χ2v) is 4.80. The summed E-state index contributed by atoms with van der Waals surface area (Å²) in [5.74, 6) is -1.38. The van der Waals surface area contributed by atoms with Crippen LogP contribution in [0.5, 0.6) is 0 Å². The van der Waals surface area contributed by atoms with Gasteiger partial charge in [-0.3, -0.25) is 4.79 Å². The number of nitrogens with one attached hydrogen (secondary N) is 1. The van der Waals surface area contributed by atoms with Crippen LogP contribution in [0.15, 0.2) is 30.3 Å². The first-order chi connectivity index (χ1) is 8.86. The fourth-order valence-electron chi connectivity index (χ4n) is 2.20. The van der Waals surface area contributed by atoms with Crippen molar-refractivity contribution in [3.8, 4) is 0 Å². The lowest BCUT2D eigenvalue weighted by molar-refractivity contribution is -0.184. The normalized spacial score (nSPS) is 18.9. The summed E-state index contributed by atoms with van der Waals surface area (Å²) in [6.45, 7) is 0.0000463. The van der Waals surface area contributed by atoms with Crippen molar-refractivity contribution in [2.45, 2.75) is 31.6 Å². The van der Waals surface area contributed by atoms with Crippen LogP contribution < -0.4 is 5.32 Å². The van der Waals surface area contributed by atoms with Gasteiger partial charge in [0.1, 0.15) is 6.04 Å². The topological polar surface area (TPSA) is 49.3 Å². The number of hydrogen-bond donors (Lipinski definition) is 2. The van der Waals surface area contributed by atoms with E-state index >= 15 is 0 Å². The van der Waals surface area contributed by atoms with Crippen molar-refractivity contribution >= 4 is 5.97 Å². The molecule has 0 spiro atoms. The maximum absolute atomic E-state index is 13.0. The van der Waals surface area contributed by atoms with Gasteiger partial charge in [-0.1, -0.05) is 30.3 Å². The van der Waals surface area contributed by atoms with Crippen LogP contribution in [0, 0.1) is 5.41 Å². The van der Waals surface area contributed by atoms with E-state index in [0.717, 1.165) is 0 Å². The highest BCUT2D eigenvalue weighted by atomic mass is 19.4. The van der Waals surface area contributed by atoms with E-state index in [9.17, 15) is 18.0 Å². The van der Waals surface area contributed by atoms with E-state index in [-0.39, 0.29) is 19.4 Å². The molecule has 0 aliphatic heterocycles. The molecule has 2 N–H and O–H groups in total. The predicted molar refractivity (Wildman–Crippen MR) is 62.4 cm³/mol. The Morgan fingerprint density at radius 1 is 1.32 bits per heavy atom. The third kappa shape index (κ3) is 2.89. The standard InChI is InChI=1S/C13H14F3NO2/c14-13(15,16)10(12(6-7-12)11(18)19)17-8-9-4-2-1-3-5-9/h1-5,10,17H,6-8H2,(H,18,19)/t10-/m0/s1. The SMILES string of the molecule is O=C(O)C1([C@H](NCc2ccccc2)C(F)(F)F)CC1. The van der Waals surface area contributed by atoms with Gasteiger partial charge >= 0.3 is 12.1 Å². The lowest BCUT2D eigenvalue weighted by Gasteiger charge is -2.27. The first kappa shape index (κ1) is 13.9. The third-order valence-electron chi connectivity index (χ3n) is 3.45. The zero-order valence-corrected chi connectivity index (χ0v) is 10.1. The molecule has 1 aliphatic rings. The molecule has 0 aromatic heterocycles. The van der Waals surface area contributed by atoms with E-state index in [0.29, 0.717) is 5.56 Å². The minimum absolute atomic E-state index is 0.0000463. The van der Waals surface area contributed by atoms with Crippen molar-refractivity contribution < 1.29 is 23.1 Å². The first-order valence-electron chi connectivity index (χ1n) is 5.94. The quantitative estimate of drug-likeness (QED) is 0.867. The summed E-state index contributed by atoms with van der Waals surface area (Å²) in [4.78, 5) is 11.0. The molecule has 6 heteroatoms. The van der Waals surface area contributed by atoms with Gasteiger partial charge in [0.15, 0.2) is 0 Å². The zero-order chi connectivity index (χ0) is 14.1. The summed E-state index contributed by atoms with van der Waals surface area (Å²) >= 11 is 0. The number of carbonyl (C=O) groups is 1. The van der Waals surface area contributed by atoms with Gasteiger partial charge in [-0.25, -0.2) is 0 Å². The van der Waals surface area contributed by atoms with Crippen LogP contribution in [0.1, 0.15) is 18.4 Å². The van der Waals surface area contributed by atoms with Crippen molar-refractivity contribution in [3.63, 3.8) is 0 Å². The molecule has 0 radical (unpaired) electrons. The van der Waals surface area contributed by atoms with Crippen LogP contribution in [-0.2, 0) is 11.3 Å². The Labute approximate surface area is 108 Å². The monoisotopic (exact) mass is 273 g/mol. The number of carboxylic acid groups (broad SMARTS) is 1. The number of benzene rings is 1. The summed E-state index contributed by atoms with van der Waals surface area (Å²) in [5, 5.41) is 11.3. The molecular formula is C13H14F3NO2. The van der Waals surface area contributed by atoms with E-state index in [1.54, 1.807) is 30.3 Å². The Balaban J connectivity index is 2.10. The Hall–Kier alpha value is -1.56. The number of hydrogen-bond acceptors (Lipinski definition) is 2. The molecule has 0 unspecified atom stereocenters. The number of rotatable bonds is 5. The van der Waals surface area contributed by atoms with Crippen LogP contribution >= 0.6 is 0 Å². The highest BCUT2D eigenvalue weighted by molar-refractivity contribution is 5.79. The minimum Gasteiger partial charge on any atom is -0.481 e. The largest absolute Gasteiger partial charge is 0.481 e. The van der Waals surface area contributed by atoms with E-state index in [4.69, 9.17) is 5.11 Å². The maximum Gasteiger partial charge on any atom is 0.404 e. The molecule has 3 nitrogen and oxygen atoms in total. The molecule has 1 saturated carbocycles. The Morgan fingerprint density at radius 3 is 2.32 bits per heavy atom. The van der Waals surface area contributed by atoms with Crippen LogP contribution in [0.4, 0.5) is 13.2 Å². The number of alkyl halides is 3. The molecule has 1 fully saturated rings. The number of halogens is 3. The molecule has 0 saturated heterocycles. The summed E-state index contributed by atoms with van der Waals surface area (Å²) in [6, 6.07) is 6.61.